The second kappa shape index (κ2) is 4.03. The number of fused-ring (bicyclic) bond motifs is 1. The molecule has 1 N–H and O–H groups in total. The number of hydrogen-bond acceptors (Lipinski definition) is 5. The van der Waals surface area contributed by atoms with Gasteiger partial charge in [-0.1, -0.05) is 29.5 Å². The fraction of sp³-hybridized carbons (Fsp3) is 0.308. The van der Waals surface area contributed by atoms with Crippen LogP contribution in [0.15, 0.2) is 24.3 Å². The first-order valence-electron chi connectivity index (χ1n) is 6.29. The van der Waals surface area contributed by atoms with Gasteiger partial charge in [0.05, 0.1) is 0 Å². The standard InChI is InChI=1S/C13H12N4OS/c18-10-4-2-1-3-9(10)7-11-16-17-12(8-5-6-8)14-15-13(17)19-11/h1-4,8,18H,5-7H2. The second-order valence-electron chi connectivity index (χ2n) is 4.83. The van der Waals surface area contributed by atoms with E-state index in [1.165, 1.54) is 24.2 Å². The van der Waals surface area contributed by atoms with E-state index >= 15 is 0 Å². The van der Waals surface area contributed by atoms with E-state index in [9.17, 15) is 5.11 Å². The summed E-state index contributed by atoms with van der Waals surface area (Å²) in [6.45, 7) is 0. The summed E-state index contributed by atoms with van der Waals surface area (Å²) in [5.74, 6) is 1.83. The van der Waals surface area contributed by atoms with Gasteiger partial charge in [-0.2, -0.15) is 9.61 Å². The van der Waals surface area contributed by atoms with Gasteiger partial charge >= 0.3 is 0 Å². The topological polar surface area (TPSA) is 63.3 Å². The number of rotatable bonds is 3. The van der Waals surface area contributed by atoms with Crippen molar-refractivity contribution < 1.29 is 5.11 Å². The summed E-state index contributed by atoms with van der Waals surface area (Å²) in [7, 11) is 0. The lowest BCUT2D eigenvalue weighted by Crippen LogP contribution is -1.95. The van der Waals surface area contributed by atoms with Gasteiger partial charge in [0, 0.05) is 17.9 Å². The van der Waals surface area contributed by atoms with Gasteiger partial charge in [0.15, 0.2) is 5.82 Å². The molecule has 0 atom stereocenters. The van der Waals surface area contributed by atoms with Gasteiger partial charge in [0.2, 0.25) is 4.96 Å². The number of benzene rings is 1. The van der Waals surface area contributed by atoms with Gasteiger partial charge in [-0.15, -0.1) is 10.2 Å². The van der Waals surface area contributed by atoms with Crippen LogP contribution in [-0.2, 0) is 6.42 Å². The Balaban J connectivity index is 1.70. The van der Waals surface area contributed by atoms with Crippen LogP contribution in [-0.4, -0.2) is 24.9 Å². The SMILES string of the molecule is Oc1ccccc1Cc1nn2c(C3CC3)nnc2s1. The van der Waals surface area contributed by atoms with E-state index in [1.807, 2.05) is 22.7 Å². The molecule has 2 heterocycles. The van der Waals surface area contributed by atoms with E-state index in [2.05, 4.69) is 15.3 Å². The van der Waals surface area contributed by atoms with Crippen LogP contribution in [0.25, 0.3) is 4.96 Å². The lowest BCUT2D eigenvalue weighted by atomic mass is 10.1. The van der Waals surface area contributed by atoms with Crippen molar-refractivity contribution in [2.45, 2.75) is 25.2 Å². The normalized spacial score (nSPS) is 15.2. The molecule has 6 heteroatoms. The number of para-hydroxylation sites is 1. The lowest BCUT2D eigenvalue weighted by Gasteiger charge is -2.00. The molecule has 1 fully saturated rings. The molecule has 0 amide bonds. The molecule has 0 aliphatic heterocycles. The zero-order valence-electron chi connectivity index (χ0n) is 10.2. The number of nitrogens with zero attached hydrogens (tertiary/aromatic N) is 4. The summed E-state index contributed by atoms with van der Waals surface area (Å²) in [6, 6.07) is 7.36. The molecule has 1 aliphatic rings. The van der Waals surface area contributed by atoms with Crippen molar-refractivity contribution in [3.63, 3.8) is 0 Å². The molecule has 2 aromatic heterocycles. The van der Waals surface area contributed by atoms with Crippen molar-refractivity contribution >= 4 is 16.3 Å². The smallest absolute Gasteiger partial charge is 0.234 e. The van der Waals surface area contributed by atoms with E-state index in [0.717, 1.165) is 21.4 Å². The first kappa shape index (κ1) is 10.9. The van der Waals surface area contributed by atoms with Crippen LogP contribution in [0.1, 0.15) is 35.2 Å². The molecule has 19 heavy (non-hydrogen) atoms. The molecule has 4 rings (SSSR count). The van der Waals surface area contributed by atoms with E-state index in [1.54, 1.807) is 6.07 Å². The zero-order chi connectivity index (χ0) is 12.8. The molecule has 1 aliphatic carbocycles. The number of phenolic OH excluding ortho intramolecular Hbond substituents is 1. The summed E-state index contributed by atoms with van der Waals surface area (Å²) in [5.41, 5.74) is 0.889. The van der Waals surface area contributed by atoms with Crippen molar-refractivity contribution in [3.05, 3.63) is 40.7 Å². The van der Waals surface area contributed by atoms with E-state index < -0.39 is 0 Å². The largest absolute Gasteiger partial charge is 0.508 e. The third-order valence-electron chi connectivity index (χ3n) is 3.33. The number of aromatic hydroxyl groups is 1. The Kier molecular flexibility index (Phi) is 2.32. The number of hydrogen-bond donors (Lipinski definition) is 1. The molecule has 0 spiro atoms. The third-order valence-corrected chi connectivity index (χ3v) is 4.23. The van der Waals surface area contributed by atoms with Gasteiger partial charge in [-0.05, 0) is 18.9 Å². The first-order valence-corrected chi connectivity index (χ1v) is 7.11. The summed E-state index contributed by atoms with van der Waals surface area (Å²) < 4.78 is 1.86. The van der Waals surface area contributed by atoms with Gasteiger partial charge in [-0.3, -0.25) is 0 Å². The average molecular weight is 272 g/mol. The van der Waals surface area contributed by atoms with Gasteiger partial charge in [0.25, 0.3) is 0 Å². The highest BCUT2D eigenvalue weighted by Gasteiger charge is 2.30. The quantitative estimate of drug-likeness (QED) is 0.795. The fourth-order valence-corrected chi connectivity index (χ4v) is 3.03. The monoisotopic (exact) mass is 272 g/mol. The van der Waals surface area contributed by atoms with Crippen LogP contribution in [0.4, 0.5) is 0 Å². The highest BCUT2D eigenvalue weighted by atomic mass is 32.1. The van der Waals surface area contributed by atoms with Crippen molar-refractivity contribution in [2.24, 2.45) is 0 Å². The van der Waals surface area contributed by atoms with Crippen LogP contribution >= 0.6 is 11.3 Å². The Morgan fingerprint density at radius 3 is 2.89 bits per heavy atom. The Morgan fingerprint density at radius 1 is 1.26 bits per heavy atom. The summed E-state index contributed by atoms with van der Waals surface area (Å²) in [6.07, 6.45) is 3.01. The summed E-state index contributed by atoms with van der Waals surface area (Å²) >= 11 is 1.53. The maximum absolute atomic E-state index is 9.79. The predicted molar refractivity (Wildman–Crippen MR) is 71.5 cm³/mol. The van der Waals surface area contributed by atoms with Crippen LogP contribution in [0.2, 0.25) is 0 Å². The molecule has 1 aromatic carbocycles. The maximum atomic E-state index is 9.79. The van der Waals surface area contributed by atoms with Crippen LogP contribution in [0, 0.1) is 0 Å². The Hall–Kier alpha value is -1.95. The third kappa shape index (κ3) is 1.88. The van der Waals surface area contributed by atoms with Crippen LogP contribution in [0.3, 0.4) is 0 Å². The Labute approximate surface area is 113 Å². The number of phenols is 1. The molecular formula is C13H12N4OS. The molecule has 0 unspecified atom stereocenters. The van der Waals surface area contributed by atoms with E-state index in [-0.39, 0.29) is 0 Å². The minimum absolute atomic E-state index is 0.316. The first-order chi connectivity index (χ1) is 9.31. The highest BCUT2D eigenvalue weighted by Crippen LogP contribution is 2.39. The van der Waals surface area contributed by atoms with E-state index in [0.29, 0.717) is 18.1 Å². The molecule has 0 radical (unpaired) electrons. The summed E-state index contributed by atoms with van der Waals surface area (Å²) in [5, 5.41) is 23.7. The second-order valence-corrected chi connectivity index (χ2v) is 5.87. The predicted octanol–water partition coefficient (Wildman–Crippen LogP) is 2.36. The molecule has 0 saturated heterocycles. The average Bonchev–Trinajstić information content (AvgIpc) is 3.05. The molecule has 0 bridgehead atoms. The lowest BCUT2D eigenvalue weighted by molar-refractivity contribution is 0.469. The minimum atomic E-state index is 0.316. The number of aromatic nitrogens is 4. The van der Waals surface area contributed by atoms with Gasteiger partial charge in [0.1, 0.15) is 10.8 Å². The molecule has 5 nitrogen and oxygen atoms in total. The van der Waals surface area contributed by atoms with Gasteiger partial charge in [-0.25, -0.2) is 0 Å². The van der Waals surface area contributed by atoms with Crippen molar-refractivity contribution in [1.29, 1.82) is 0 Å². The molecule has 3 aromatic rings. The van der Waals surface area contributed by atoms with Crippen molar-refractivity contribution in [3.8, 4) is 5.75 Å². The minimum Gasteiger partial charge on any atom is -0.508 e. The van der Waals surface area contributed by atoms with Crippen molar-refractivity contribution in [1.82, 2.24) is 19.8 Å². The highest BCUT2D eigenvalue weighted by molar-refractivity contribution is 7.16. The van der Waals surface area contributed by atoms with Crippen LogP contribution < -0.4 is 0 Å². The molecular weight excluding hydrogens is 260 g/mol. The zero-order valence-corrected chi connectivity index (χ0v) is 11.0. The Morgan fingerprint density at radius 2 is 2.11 bits per heavy atom. The molecule has 1 saturated carbocycles. The maximum Gasteiger partial charge on any atom is 0.234 e. The fourth-order valence-electron chi connectivity index (χ4n) is 2.16. The summed E-state index contributed by atoms with van der Waals surface area (Å²) in [4.78, 5) is 0.840. The Bertz CT molecular complexity index is 744. The van der Waals surface area contributed by atoms with Crippen LogP contribution in [0.5, 0.6) is 5.75 Å². The van der Waals surface area contributed by atoms with E-state index in [4.69, 9.17) is 0 Å². The molecule has 96 valence electrons. The van der Waals surface area contributed by atoms with Gasteiger partial charge < -0.3 is 5.11 Å². The van der Waals surface area contributed by atoms with Crippen molar-refractivity contribution in [2.75, 3.05) is 0 Å².